The van der Waals surface area contributed by atoms with Gasteiger partial charge in [0.05, 0.1) is 11.4 Å². The lowest BCUT2D eigenvalue weighted by Crippen LogP contribution is -1.91. The fourth-order valence-electron chi connectivity index (χ4n) is 4.86. The molecule has 4 aromatic carbocycles. The van der Waals surface area contributed by atoms with E-state index in [2.05, 4.69) is 135 Å². The standard InChI is InChI=1S/C36H28N2/c1-25-13-14-26(2)34(19-25)30-16-18-36(38-24-30)35-17-15-29(23-37-35)33-21-31(27-9-5-3-6-10-27)20-32(22-33)28-11-7-4-8-12-28/h3-24H,1-2H3. The molecule has 0 saturated carbocycles. The Morgan fingerprint density at radius 3 is 1.39 bits per heavy atom. The number of hydrogen-bond acceptors (Lipinski definition) is 2. The second kappa shape index (κ2) is 10.3. The van der Waals surface area contributed by atoms with Crippen LogP contribution in [0.4, 0.5) is 0 Å². The second-order valence-electron chi connectivity index (χ2n) is 9.71. The van der Waals surface area contributed by atoms with E-state index < -0.39 is 0 Å². The summed E-state index contributed by atoms with van der Waals surface area (Å²) in [5, 5.41) is 0. The van der Waals surface area contributed by atoms with Gasteiger partial charge in [0.25, 0.3) is 0 Å². The topological polar surface area (TPSA) is 25.8 Å². The first-order chi connectivity index (χ1) is 18.6. The van der Waals surface area contributed by atoms with Crippen molar-refractivity contribution in [2.45, 2.75) is 13.8 Å². The van der Waals surface area contributed by atoms with Crippen LogP contribution in [-0.2, 0) is 0 Å². The van der Waals surface area contributed by atoms with Crippen LogP contribution in [0.15, 0.2) is 134 Å². The van der Waals surface area contributed by atoms with Crippen LogP contribution in [0.2, 0.25) is 0 Å². The van der Waals surface area contributed by atoms with Crippen molar-refractivity contribution in [1.29, 1.82) is 0 Å². The maximum Gasteiger partial charge on any atom is 0.0886 e. The lowest BCUT2D eigenvalue weighted by molar-refractivity contribution is 1.24. The summed E-state index contributed by atoms with van der Waals surface area (Å²) < 4.78 is 0. The van der Waals surface area contributed by atoms with Crippen molar-refractivity contribution in [3.8, 4) is 55.9 Å². The van der Waals surface area contributed by atoms with Crippen molar-refractivity contribution in [1.82, 2.24) is 9.97 Å². The predicted octanol–water partition coefficient (Wildman–Crippen LogP) is 9.43. The zero-order valence-electron chi connectivity index (χ0n) is 21.6. The van der Waals surface area contributed by atoms with E-state index in [1.54, 1.807) is 0 Å². The Kier molecular flexibility index (Phi) is 6.37. The molecule has 0 saturated heterocycles. The van der Waals surface area contributed by atoms with Crippen molar-refractivity contribution in [2.24, 2.45) is 0 Å². The average molecular weight is 489 g/mol. The Hall–Kier alpha value is -4.82. The molecule has 0 amide bonds. The van der Waals surface area contributed by atoms with Gasteiger partial charge in [-0.1, -0.05) is 96.6 Å². The van der Waals surface area contributed by atoms with E-state index in [4.69, 9.17) is 9.97 Å². The number of aromatic nitrogens is 2. The van der Waals surface area contributed by atoms with Crippen LogP contribution in [0.25, 0.3) is 55.9 Å². The Bertz CT molecular complexity index is 1630. The highest BCUT2D eigenvalue weighted by Crippen LogP contribution is 2.33. The number of hydrogen-bond donors (Lipinski definition) is 0. The second-order valence-corrected chi connectivity index (χ2v) is 9.71. The van der Waals surface area contributed by atoms with Gasteiger partial charge in [-0.3, -0.25) is 9.97 Å². The number of rotatable bonds is 5. The monoisotopic (exact) mass is 488 g/mol. The summed E-state index contributed by atoms with van der Waals surface area (Å²) in [6.07, 6.45) is 3.90. The van der Waals surface area contributed by atoms with Gasteiger partial charge in [-0.15, -0.1) is 0 Å². The van der Waals surface area contributed by atoms with Crippen LogP contribution >= 0.6 is 0 Å². The summed E-state index contributed by atoms with van der Waals surface area (Å²) in [6.45, 7) is 4.26. The zero-order valence-corrected chi connectivity index (χ0v) is 21.6. The number of benzene rings is 4. The maximum atomic E-state index is 4.80. The molecule has 182 valence electrons. The molecular formula is C36H28N2. The molecular weight excluding hydrogens is 460 g/mol. The first-order valence-electron chi connectivity index (χ1n) is 12.9. The molecule has 2 heterocycles. The van der Waals surface area contributed by atoms with E-state index in [1.807, 2.05) is 12.4 Å². The molecule has 0 fully saturated rings. The van der Waals surface area contributed by atoms with Gasteiger partial charge in [0, 0.05) is 23.5 Å². The van der Waals surface area contributed by atoms with E-state index in [-0.39, 0.29) is 0 Å². The molecule has 0 unspecified atom stereocenters. The number of nitrogens with zero attached hydrogens (tertiary/aromatic N) is 2. The first-order valence-corrected chi connectivity index (χ1v) is 12.9. The molecule has 0 N–H and O–H groups in total. The third kappa shape index (κ3) is 4.89. The summed E-state index contributed by atoms with van der Waals surface area (Å²) in [4.78, 5) is 9.55. The van der Waals surface area contributed by atoms with Crippen LogP contribution < -0.4 is 0 Å². The smallest absolute Gasteiger partial charge is 0.0886 e. The van der Waals surface area contributed by atoms with Gasteiger partial charge >= 0.3 is 0 Å². The largest absolute Gasteiger partial charge is 0.254 e. The van der Waals surface area contributed by atoms with Crippen molar-refractivity contribution < 1.29 is 0 Å². The Labute approximate surface area is 224 Å². The molecule has 38 heavy (non-hydrogen) atoms. The molecule has 0 atom stereocenters. The molecule has 0 aliphatic rings. The minimum absolute atomic E-state index is 0.865. The first kappa shape index (κ1) is 23.6. The van der Waals surface area contributed by atoms with E-state index in [1.165, 1.54) is 38.9 Å². The van der Waals surface area contributed by atoms with E-state index in [0.717, 1.165) is 28.1 Å². The summed E-state index contributed by atoms with van der Waals surface area (Å²) in [5.41, 5.74) is 13.6. The molecule has 0 bridgehead atoms. The Morgan fingerprint density at radius 1 is 0.395 bits per heavy atom. The van der Waals surface area contributed by atoms with Crippen molar-refractivity contribution >= 4 is 0 Å². The third-order valence-corrected chi connectivity index (χ3v) is 6.97. The Balaban J connectivity index is 1.34. The van der Waals surface area contributed by atoms with E-state index >= 15 is 0 Å². The highest BCUT2D eigenvalue weighted by atomic mass is 14.8. The zero-order chi connectivity index (χ0) is 25.9. The van der Waals surface area contributed by atoms with Gasteiger partial charge in [0.1, 0.15) is 0 Å². The molecule has 0 aliphatic carbocycles. The van der Waals surface area contributed by atoms with Crippen molar-refractivity contribution in [3.63, 3.8) is 0 Å². The average Bonchev–Trinajstić information content (AvgIpc) is 2.99. The van der Waals surface area contributed by atoms with Crippen LogP contribution in [-0.4, -0.2) is 9.97 Å². The molecule has 0 radical (unpaired) electrons. The fraction of sp³-hybridized carbons (Fsp3) is 0.0556. The molecule has 6 rings (SSSR count). The number of pyridine rings is 2. The lowest BCUT2D eigenvalue weighted by Gasteiger charge is -2.12. The van der Waals surface area contributed by atoms with E-state index in [0.29, 0.717) is 0 Å². The van der Waals surface area contributed by atoms with Crippen LogP contribution in [0, 0.1) is 13.8 Å². The molecule has 6 aromatic rings. The summed E-state index contributed by atoms with van der Waals surface area (Å²) >= 11 is 0. The Morgan fingerprint density at radius 2 is 0.895 bits per heavy atom. The van der Waals surface area contributed by atoms with Gasteiger partial charge in [-0.05, 0) is 83.1 Å². The summed E-state index contributed by atoms with van der Waals surface area (Å²) in [6, 6.07) is 42.7. The lowest BCUT2D eigenvalue weighted by atomic mass is 9.94. The van der Waals surface area contributed by atoms with Crippen molar-refractivity contribution in [2.75, 3.05) is 0 Å². The minimum atomic E-state index is 0.865. The van der Waals surface area contributed by atoms with Gasteiger partial charge in [0.15, 0.2) is 0 Å². The highest BCUT2D eigenvalue weighted by Gasteiger charge is 2.10. The van der Waals surface area contributed by atoms with Gasteiger partial charge in [-0.25, -0.2) is 0 Å². The van der Waals surface area contributed by atoms with E-state index in [9.17, 15) is 0 Å². The molecule has 0 aliphatic heterocycles. The summed E-state index contributed by atoms with van der Waals surface area (Å²) in [7, 11) is 0. The third-order valence-electron chi connectivity index (χ3n) is 6.97. The molecule has 2 aromatic heterocycles. The van der Waals surface area contributed by atoms with Gasteiger partial charge in [-0.2, -0.15) is 0 Å². The molecule has 0 spiro atoms. The maximum absolute atomic E-state index is 4.80. The summed E-state index contributed by atoms with van der Waals surface area (Å²) in [5.74, 6) is 0. The highest BCUT2D eigenvalue weighted by molar-refractivity contribution is 5.81. The molecule has 2 heteroatoms. The predicted molar refractivity (Wildman–Crippen MR) is 159 cm³/mol. The van der Waals surface area contributed by atoms with Gasteiger partial charge < -0.3 is 0 Å². The van der Waals surface area contributed by atoms with Crippen LogP contribution in [0.3, 0.4) is 0 Å². The van der Waals surface area contributed by atoms with Gasteiger partial charge in [0.2, 0.25) is 0 Å². The molecule has 2 nitrogen and oxygen atoms in total. The quantitative estimate of drug-likeness (QED) is 0.241. The van der Waals surface area contributed by atoms with Crippen LogP contribution in [0.5, 0.6) is 0 Å². The SMILES string of the molecule is Cc1ccc(C)c(-c2ccc(-c3ccc(-c4cc(-c5ccccc5)cc(-c5ccccc5)c4)cn3)nc2)c1. The van der Waals surface area contributed by atoms with Crippen molar-refractivity contribution in [3.05, 3.63) is 145 Å². The van der Waals surface area contributed by atoms with Crippen LogP contribution in [0.1, 0.15) is 11.1 Å². The minimum Gasteiger partial charge on any atom is -0.254 e. The normalized spacial score (nSPS) is 10.9. The number of aryl methyl sites for hydroxylation is 2. The fourth-order valence-corrected chi connectivity index (χ4v) is 4.86.